The second-order valence-corrected chi connectivity index (χ2v) is 8.21. The van der Waals surface area contributed by atoms with Gasteiger partial charge in [0.2, 0.25) is 0 Å². The SMILES string of the molecule is O=[P+](O)OCCCNCc1ccc(CCCCCCc2cccc(F)c2)c(Cl)c1. The van der Waals surface area contributed by atoms with E-state index in [0.29, 0.717) is 19.5 Å². The van der Waals surface area contributed by atoms with Crippen molar-refractivity contribution in [2.45, 2.75) is 51.5 Å². The molecule has 0 heterocycles. The van der Waals surface area contributed by atoms with E-state index in [9.17, 15) is 8.96 Å². The molecule has 0 saturated carbocycles. The van der Waals surface area contributed by atoms with Gasteiger partial charge in [-0.1, -0.05) is 48.7 Å². The van der Waals surface area contributed by atoms with Crippen LogP contribution in [0.2, 0.25) is 5.02 Å². The molecule has 0 fully saturated rings. The molecule has 0 radical (unpaired) electrons. The monoisotopic (exact) mass is 440 g/mol. The largest absolute Gasteiger partial charge is 0.694 e. The Hall–Kier alpha value is -1.36. The Morgan fingerprint density at radius 1 is 1.00 bits per heavy atom. The van der Waals surface area contributed by atoms with Crippen LogP contribution in [0.1, 0.15) is 48.8 Å². The van der Waals surface area contributed by atoms with E-state index in [1.54, 1.807) is 12.1 Å². The average molecular weight is 441 g/mol. The maximum absolute atomic E-state index is 13.2. The number of hydrogen-bond donors (Lipinski definition) is 2. The first-order valence-electron chi connectivity index (χ1n) is 10.1. The van der Waals surface area contributed by atoms with E-state index in [1.807, 2.05) is 12.1 Å². The Morgan fingerprint density at radius 2 is 1.79 bits per heavy atom. The molecule has 1 atom stereocenters. The molecular weight excluding hydrogens is 412 g/mol. The van der Waals surface area contributed by atoms with E-state index in [0.717, 1.165) is 54.7 Å². The second-order valence-electron chi connectivity index (χ2n) is 7.07. The zero-order valence-corrected chi connectivity index (χ0v) is 18.2. The van der Waals surface area contributed by atoms with E-state index in [-0.39, 0.29) is 12.4 Å². The van der Waals surface area contributed by atoms with Crippen molar-refractivity contribution in [3.8, 4) is 0 Å². The molecule has 29 heavy (non-hydrogen) atoms. The van der Waals surface area contributed by atoms with Crippen LogP contribution < -0.4 is 5.32 Å². The minimum absolute atomic E-state index is 0.162. The van der Waals surface area contributed by atoms with Crippen molar-refractivity contribution in [3.05, 3.63) is 70.0 Å². The van der Waals surface area contributed by atoms with Crippen LogP contribution in [0.5, 0.6) is 0 Å². The highest BCUT2D eigenvalue weighted by molar-refractivity contribution is 7.32. The Labute approximate surface area is 178 Å². The third-order valence-corrected chi connectivity index (χ3v) is 5.45. The van der Waals surface area contributed by atoms with Crippen molar-refractivity contribution in [3.63, 3.8) is 0 Å². The molecule has 0 aliphatic heterocycles. The molecule has 0 aliphatic rings. The molecule has 0 aliphatic carbocycles. The summed E-state index contributed by atoms with van der Waals surface area (Å²) in [4.78, 5) is 8.54. The molecule has 2 aromatic rings. The predicted octanol–water partition coefficient (Wildman–Crippen LogP) is 5.97. The van der Waals surface area contributed by atoms with Crippen molar-refractivity contribution in [1.82, 2.24) is 5.32 Å². The van der Waals surface area contributed by atoms with Gasteiger partial charge in [-0.15, -0.1) is 9.42 Å². The Morgan fingerprint density at radius 3 is 2.52 bits per heavy atom. The summed E-state index contributed by atoms with van der Waals surface area (Å²) in [6.45, 7) is 1.67. The summed E-state index contributed by atoms with van der Waals surface area (Å²) in [7, 11) is -2.50. The van der Waals surface area contributed by atoms with Crippen molar-refractivity contribution in [2.75, 3.05) is 13.2 Å². The van der Waals surface area contributed by atoms with Gasteiger partial charge in [0.15, 0.2) is 0 Å². The van der Waals surface area contributed by atoms with Gasteiger partial charge in [-0.3, -0.25) is 0 Å². The minimum atomic E-state index is -2.50. The second kappa shape index (κ2) is 13.8. The minimum Gasteiger partial charge on any atom is -0.313 e. The van der Waals surface area contributed by atoms with Crippen molar-refractivity contribution < 1.29 is 18.4 Å². The number of nitrogens with one attached hydrogen (secondary N) is 1. The third kappa shape index (κ3) is 10.3. The van der Waals surface area contributed by atoms with Crippen LogP contribution in [-0.4, -0.2) is 18.0 Å². The van der Waals surface area contributed by atoms with Crippen molar-refractivity contribution in [2.24, 2.45) is 0 Å². The number of benzene rings is 2. The summed E-state index contributed by atoms with van der Waals surface area (Å²) >= 11 is 6.42. The lowest BCUT2D eigenvalue weighted by Gasteiger charge is -2.08. The number of aryl methyl sites for hydroxylation is 2. The van der Waals surface area contributed by atoms with Gasteiger partial charge in [-0.25, -0.2) is 4.39 Å². The number of rotatable bonds is 14. The summed E-state index contributed by atoms with van der Waals surface area (Å²) in [6, 6.07) is 13.0. The number of unbranched alkanes of at least 4 members (excludes halogenated alkanes) is 3. The molecule has 2 rings (SSSR count). The molecule has 0 bridgehead atoms. The zero-order valence-electron chi connectivity index (χ0n) is 16.6. The van der Waals surface area contributed by atoms with Gasteiger partial charge in [0.25, 0.3) is 0 Å². The smallest absolute Gasteiger partial charge is 0.313 e. The van der Waals surface area contributed by atoms with Gasteiger partial charge < -0.3 is 5.32 Å². The maximum Gasteiger partial charge on any atom is 0.694 e. The van der Waals surface area contributed by atoms with E-state index < -0.39 is 8.25 Å². The van der Waals surface area contributed by atoms with Crippen LogP contribution >= 0.6 is 19.9 Å². The van der Waals surface area contributed by atoms with Crippen molar-refractivity contribution in [1.29, 1.82) is 0 Å². The lowest BCUT2D eigenvalue weighted by molar-refractivity contribution is 0.276. The van der Waals surface area contributed by atoms with Crippen molar-refractivity contribution >= 4 is 19.9 Å². The standard InChI is InChI=1S/C22H28ClFNO3P/c23-22-16-19(17-25-13-6-14-28-29(26)27)11-12-20(22)9-4-2-1-3-7-18-8-5-10-21(24)15-18/h5,8,10-12,15-16,25H,1-4,6-7,9,13-14,17H2/p+1. The third-order valence-electron chi connectivity index (χ3n) is 4.70. The molecule has 7 heteroatoms. The Bertz CT molecular complexity index is 775. The van der Waals surface area contributed by atoms with Gasteiger partial charge in [0, 0.05) is 16.1 Å². The van der Waals surface area contributed by atoms with Crippen LogP contribution in [0.25, 0.3) is 0 Å². The number of hydrogen-bond acceptors (Lipinski definition) is 3. The molecular formula is C22H29ClFNO3P+. The van der Waals surface area contributed by atoms with Gasteiger partial charge in [-0.05, 0) is 73.5 Å². The Kier molecular flexibility index (Phi) is 11.4. The van der Waals surface area contributed by atoms with E-state index in [4.69, 9.17) is 16.5 Å². The zero-order chi connectivity index (χ0) is 20.9. The average Bonchev–Trinajstić information content (AvgIpc) is 2.68. The number of halogens is 2. The van der Waals surface area contributed by atoms with Crippen LogP contribution in [0.15, 0.2) is 42.5 Å². The summed E-state index contributed by atoms with van der Waals surface area (Å²) < 4.78 is 28.2. The molecule has 0 aromatic heterocycles. The van der Waals surface area contributed by atoms with Crippen LogP contribution in [0.4, 0.5) is 4.39 Å². The first-order chi connectivity index (χ1) is 14.0. The Balaban J connectivity index is 1.59. The predicted molar refractivity (Wildman–Crippen MR) is 116 cm³/mol. The lowest BCUT2D eigenvalue weighted by atomic mass is 10.0. The molecule has 0 amide bonds. The highest BCUT2D eigenvalue weighted by Crippen LogP contribution is 2.21. The molecule has 0 spiro atoms. The first kappa shape index (κ1) is 23.9. The van der Waals surface area contributed by atoms with E-state index in [2.05, 4.69) is 22.0 Å². The highest BCUT2D eigenvalue weighted by atomic mass is 35.5. The van der Waals surface area contributed by atoms with Gasteiger partial charge in [0.1, 0.15) is 12.4 Å². The lowest BCUT2D eigenvalue weighted by Crippen LogP contribution is -2.16. The fourth-order valence-electron chi connectivity index (χ4n) is 3.17. The summed E-state index contributed by atoms with van der Waals surface area (Å²) in [5, 5.41) is 4.06. The first-order valence-corrected chi connectivity index (χ1v) is 11.6. The summed E-state index contributed by atoms with van der Waals surface area (Å²) in [5.74, 6) is -0.162. The summed E-state index contributed by atoms with van der Waals surface area (Å²) in [5.41, 5.74) is 3.34. The normalized spacial score (nSPS) is 11.6. The topological polar surface area (TPSA) is 58.6 Å². The molecule has 2 N–H and O–H groups in total. The molecule has 2 aromatic carbocycles. The molecule has 4 nitrogen and oxygen atoms in total. The van der Waals surface area contributed by atoms with Gasteiger partial charge in [0.05, 0.1) is 0 Å². The fraction of sp³-hybridized carbons (Fsp3) is 0.455. The highest BCUT2D eigenvalue weighted by Gasteiger charge is 2.10. The van der Waals surface area contributed by atoms with Gasteiger partial charge >= 0.3 is 8.25 Å². The van der Waals surface area contributed by atoms with Crippen LogP contribution in [-0.2, 0) is 28.5 Å². The van der Waals surface area contributed by atoms with Crippen LogP contribution in [0, 0.1) is 5.82 Å². The fourth-order valence-corrected chi connectivity index (χ4v) is 3.75. The molecule has 1 unspecified atom stereocenters. The van der Waals surface area contributed by atoms with E-state index in [1.165, 1.54) is 11.6 Å². The quantitative estimate of drug-likeness (QED) is 0.280. The maximum atomic E-state index is 13.2. The summed E-state index contributed by atoms with van der Waals surface area (Å²) in [6.07, 6.45) is 6.98. The molecule has 0 saturated heterocycles. The van der Waals surface area contributed by atoms with Crippen LogP contribution in [0.3, 0.4) is 0 Å². The van der Waals surface area contributed by atoms with Gasteiger partial charge in [-0.2, -0.15) is 0 Å². The van der Waals surface area contributed by atoms with E-state index >= 15 is 0 Å². The molecule has 158 valence electrons.